The van der Waals surface area contributed by atoms with Gasteiger partial charge in [0.25, 0.3) is 0 Å². The Balaban J connectivity index is 2.00. The van der Waals surface area contributed by atoms with Crippen molar-refractivity contribution in [2.45, 2.75) is 63.3 Å². The Bertz CT molecular complexity index is 188. The monoisotopic (exact) mass is 199 g/mol. The van der Waals surface area contributed by atoms with Crippen molar-refractivity contribution >= 4 is 0 Å². The maximum atomic E-state index is 9.54. The van der Waals surface area contributed by atoms with Crippen LogP contribution in [0.5, 0.6) is 0 Å². The van der Waals surface area contributed by atoms with Crippen LogP contribution in [0.25, 0.3) is 0 Å². The van der Waals surface area contributed by atoms with Crippen molar-refractivity contribution in [1.29, 1.82) is 0 Å². The minimum absolute atomic E-state index is 0.0712. The molecule has 2 fully saturated rings. The maximum absolute atomic E-state index is 9.54. The molecule has 2 atom stereocenters. The first-order chi connectivity index (χ1) is 6.63. The minimum Gasteiger partial charge on any atom is -0.394 e. The summed E-state index contributed by atoms with van der Waals surface area (Å²) in [4.78, 5) is 0. The number of ether oxygens (including phenoxy) is 1. The van der Waals surface area contributed by atoms with Crippen molar-refractivity contribution in [2.75, 3.05) is 6.61 Å². The fourth-order valence-electron chi connectivity index (χ4n) is 2.63. The quantitative estimate of drug-likeness (QED) is 0.714. The average Bonchev–Trinajstić information content (AvgIpc) is 2.86. The van der Waals surface area contributed by atoms with Gasteiger partial charge in [0.2, 0.25) is 0 Å². The zero-order valence-electron chi connectivity index (χ0n) is 9.12. The van der Waals surface area contributed by atoms with Crippen LogP contribution in [0.15, 0.2) is 0 Å². The second kappa shape index (κ2) is 3.80. The molecule has 0 aromatic rings. The van der Waals surface area contributed by atoms with Gasteiger partial charge in [-0.2, -0.15) is 0 Å². The maximum Gasteiger partial charge on any atom is 0.0615 e. The predicted molar refractivity (Wildman–Crippen MR) is 55.2 cm³/mol. The Labute approximate surface area is 85.8 Å². The van der Waals surface area contributed by atoms with Gasteiger partial charge in [-0.05, 0) is 39.5 Å². The van der Waals surface area contributed by atoms with Crippen molar-refractivity contribution in [3.63, 3.8) is 0 Å². The molecule has 14 heavy (non-hydrogen) atoms. The zero-order valence-corrected chi connectivity index (χ0v) is 9.12. The number of nitrogens with one attached hydrogen (secondary N) is 1. The molecule has 82 valence electrons. The highest BCUT2D eigenvalue weighted by Gasteiger charge is 2.41. The molecule has 2 rings (SSSR count). The second-order valence-corrected chi connectivity index (χ2v) is 5.02. The van der Waals surface area contributed by atoms with Crippen LogP contribution in [0.1, 0.15) is 39.5 Å². The third-order valence-corrected chi connectivity index (χ3v) is 3.21. The van der Waals surface area contributed by atoms with Gasteiger partial charge in [-0.1, -0.05) is 0 Å². The fraction of sp³-hybridized carbons (Fsp3) is 1.00. The number of rotatable bonds is 3. The Hall–Kier alpha value is -0.120. The molecule has 2 N–H and O–H groups in total. The molecule has 2 unspecified atom stereocenters. The largest absolute Gasteiger partial charge is 0.394 e. The smallest absolute Gasteiger partial charge is 0.0615 e. The van der Waals surface area contributed by atoms with Gasteiger partial charge in [0.15, 0.2) is 0 Å². The van der Waals surface area contributed by atoms with Crippen molar-refractivity contribution < 1.29 is 9.84 Å². The average molecular weight is 199 g/mol. The SMILES string of the molecule is CC1CC(CO)(NC2CC2)CC(C)O1. The lowest BCUT2D eigenvalue weighted by Gasteiger charge is -2.42. The van der Waals surface area contributed by atoms with E-state index in [1.54, 1.807) is 0 Å². The Morgan fingerprint density at radius 3 is 2.29 bits per heavy atom. The number of aliphatic hydroxyl groups is 1. The third-order valence-electron chi connectivity index (χ3n) is 3.21. The van der Waals surface area contributed by atoms with Crippen LogP contribution in [-0.2, 0) is 4.74 Å². The lowest BCUT2D eigenvalue weighted by molar-refractivity contribution is -0.0816. The standard InChI is InChI=1S/C11H21NO2/c1-8-5-11(7-13,6-9(2)14-8)12-10-3-4-10/h8-10,12-13H,3-7H2,1-2H3. The molecule has 0 amide bonds. The summed E-state index contributed by atoms with van der Waals surface area (Å²) in [5, 5.41) is 13.1. The lowest BCUT2D eigenvalue weighted by atomic mass is 9.84. The molecule has 1 heterocycles. The van der Waals surface area contributed by atoms with Gasteiger partial charge in [-0.15, -0.1) is 0 Å². The molecule has 0 radical (unpaired) electrons. The van der Waals surface area contributed by atoms with E-state index in [0.29, 0.717) is 6.04 Å². The van der Waals surface area contributed by atoms with Gasteiger partial charge in [0, 0.05) is 11.6 Å². The summed E-state index contributed by atoms with van der Waals surface area (Å²) in [5.74, 6) is 0. The van der Waals surface area contributed by atoms with E-state index < -0.39 is 0 Å². The van der Waals surface area contributed by atoms with Gasteiger partial charge in [0.1, 0.15) is 0 Å². The summed E-state index contributed by atoms with van der Waals surface area (Å²) in [6.07, 6.45) is 4.93. The molecule has 1 saturated carbocycles. The molecule has 0 spiro atoms. The topological polar surface area (TPSA) is 41.5 Å². The van der Waals surface area contributed by atoms with Gasteiger partial charge in [-0.3, -0.25) is 0 Å². The third kappa shape index (κ3) is 2.27. The number of hydrogen-bond donors (Lipinski definition) is 2. The molecule has 1 aliphatic carbocycles. The Morgan fingerprint density at radius 1 is 1.29 bits per heavy atom. The highest BCUT2D eigenvalue weighted by Crippen LogP contribution is 2.32. The molecule has 0 aromatic heterocycles. The second-order valence-electron chi connectivity index (χ2n) is 5.02. The predicted octanol–water partition coefficient (Wildman–Crippen LogP) is 1.06. The van der Waals surface area contributed by atoms with Crippen LogP contribution in [-0.4, -0.2) is 35.5 Å². The molecule has 3 heteroatoms. The van der Waals surface area contributed by atoms with Crippen molar-refractivity contribution in [2.24, 2.45) is 0 Å². The normalized spacial score (nSPS) is 43.9. The summed E-state index contributed by atoms with van der Waals surface area (Å²) in [7, 11) is 0. The number of hydrogen-bond acceptors (Lipinski definition) is 3. The first kappa shape index (κ1) is 10.4. The molecule has 1 aliphatic heterocycles. The van der Waals surface area contributed by atoms with Gasteiger partial charge >= 0.3 is 0 Å². The highest BCUT2D eigenvalue weighted by atomic mass is 16.5. The number of aliphatic hydroxyl groups excluding tert-OH is 1. The van der Waals surface area contributed by atoms with E-state index in [0.717, 1.165) is 12.8 Å². The van der Waals surface area contributed by atoms with Crippen LogP contribution in [0.2, 0.25) is 0 Å². The highest BCUT2D eigenvalue weighted by molar-refractivity contribution is 4.99. The van der Waals surface area contributed by atoms with Crippen LogP contribution in [0, 0.1) is 0 Å². The van der Waals surface area contributed by atoms with Crippen LogP contribution in [0.3, 0.4) is 0 Å². The van der Waals surface area contributed by atoms with Crippen molar-refractivity contribution in [3.05, 3.63) is 0 Å². The van der Waals surface area contributed by atoms with Crippen molar-refractivity contribution in [1.82, 2.24) is 5.32 Å². The van der Waals surface area contributed by atoms with Gasteiger partial charge < -0.3 is 15.2 Å². The fourth-order valence-corrected chi connectivity index (χ4v) is 2.63. The summed E-state index contributed by atoms with van der Waals surface area (Å²) in [6.45, 7) is 4.42. The molecule has 0 aromatic carbocycles. The first-order valence-corrected chi connectivity index (χ1v) is 5.67. The molecular weight excluding hydrogens is 178 g/mol. The van der Waals surface area contributed by atoms with Crippen molar-refractivity contribution in [3.8, 4) is 0 Å². The van der Waals surface area contributed by atoms with Crippen LogP contribution < -0.4 is 5.32 Å². The zero-order chi connectivity index (χ0) is 10.2. The van der Waals surface area contributed by atoms with Gasteiger partial charge in [-0.25, -0.2) is 0 Å². The van der Waals surface area contributed by atoms with E-state index >= 15 is 0 Å². The Morgan fingerprint density at radius 2 is 1.86 bits per heavy atom. The molecule has 2 aliphatic rings. The first-order valence-electron chi connectivity index (χ1n) is 5.67. The summed E-state index contributed by atoms with van der Waals surface area (Å²) >= 11 is 0. The summed E-state index contributed by atoms with van der Waals surface area (Å²) in [5.41, 5.74) is -0.0712. The molecule has 3 nitrogen and oxygen atoms in total. The summed E-state index contributed by atoms with van der Waals surface area (Å²) < 4.78 is 5.69. The Kier molecular flexibility index (Phi) is 2.82. The van der Waals surface area contributed by atoms with Crippen LogP contribution in [0.4, 0.5) is 0 Å². The van der Waals surface area contributed by atoms with Crippen LogP contribution >= 0.6 is 0 Å². The van der Waals surface area contributed by atoms with Gasteiger partial charge in [0.05, 0.1) is 18.8 Å². The molecular formula is C11H21NO2. The van der Waals surface area contributed by atoms with E-state index in [2.05, 4.69) is 19.2 Å². The molecule has 0 bridgehead atoms. The minimum atomic E-state index is -0.0712. The van der Waals surface area contributed by atoms with E-state index in [-0.39, 0.29) is 24.4 Å². The van der Waals surface area contributed by atoms with E-state index in [4.69, 9.17) is 4.74 Å². The molecule has 1 saturated heterocycles. The van der Waals surface area contributed by atoms with E-state index in [1.165, 1.54) is 12.8 Å². The summed E-state index contributed by atoms with van der Waals surface area (Å²) in [6, 6.07) is 0.652. The van der Waals surface area contributed by atoms with E-state index in [9.17, 15) is 5.11 Å². The van der Waals surface area contributed by atoms with E-state index in [1.807, 2.05) is 0 Å². The lowest BCUT2D eigenvalue weighted by Crippen LogP contribution is -2.56.